The predicted octanol–water partition coefficient (Wildman–Crippen LogP) is 6.96. The number of carboxylic acid groups (broad SMARTS) is 1. The van der Waals surface area contributed by atoms with Gasteiger partial charge in [-0.2, -0.15) is 0 Å². The summed E-state index contributed by atoms with van der Waals surface area (Å²) in [7, 11) is 1.48. The number of aromatic hydroxyl groups is 1. The summed E-state index contributed by atoms with van der Waals surface area (Å²) in [4.78, 5) is 11.5. The molecule has 0 bridgehead atoms. The van der Waals surface area contributed by atoms with Crippen LogP contribution in [0.1, 0.15) is 96.0 Å². The van der Waals surface area contributed by atoms with Gasteiger partial charge in [0, 0.05) is 5.57 Å². The lowest BCUT2D eigenvalue weighted by molar-refractivity contribution is -0.132. The zero-order valence-electron chi connectivity index (χ0n) is 17.7. The lowest BCUT2D eigenvalue weighted by Crippen LogP contribution is -2.00. The number of ether oxygens (including phenoxy) is 1. The van der Waals surface area contributed by atoms with Crippen LogP contribution >= 0.6 is 0 Å². The highest BCUT2D eigenvalue weighted by atomic mass is 16.5. The second kappa shape index (κ2) is 15.0. The molecule has 28 heavy (non-hydrogen) atoms. The monoisotopic (exact) mass is 390 g/mol. The van der Waals surface area contributed by atoms with Crippen molar-refractivity contribution in [1.29, 1.82) is 0 Å². The van der Waals surface area contributed by atoms with E-state index < -0.39 is 5.97 Å². The molecule has 0 spiro atoms. The number of hydrogen-bond acceptors (Lipinski definition) is 3. The quantitative estimate of drug-likeness (QED) is 0.236. The number of methoxy groups -OCH3 is 1. The fourth-order valence-corrected chi connectivity index (χ4v) is 3.38. The van der Waals surface area contributed by atoms with Crippen LogP contribution in [0.5, 0.6) is 11.5 Å². The highest BCUT2D eigenvalue weighted by molar-refractivity contribution is 5.92. The molecule has 0 aromatic heterocycles. The summed E-state index contributed by atoms with van der Waals surface area (Å²) >= 11 is 0. The number of carboxylic acids is 1. The third-order valence-corrected chi connectivity index (χ3v) is 5.12. The lowest BCUT2D eigenvalue weighted by atomic mass is 10.0. The van der Waals surface area contributed by atoms with Crippen LogP contribution in [0.15, 0.2) is 23.8 Å². The van der Waals surface area contributed by atoms with Crippen LogP contribution in [-0.4, -0.2) is 23.3 Å². The van der Waals surface area contributed by atoms with Gasteiger partial charge >= 0.3 is 5.97 Å². The van der Waals surface area contributed by atoms with Crippen LogP contribution in [0.3, 0.4) is 0 Å². The molecule has 1 rings (SSSR count). The van der Waals surface area contributed by atoms with Crippen molar-refractivity contribution in [3.8, 4) is 11.5 Å². The third-order valence-electron chi connectivity index (χ3n) is 5.12. The van der Waals surface area contributed by atoms with Gasteiger partial charge in [0.1, 0.15) is 0 Å². The Morgan fingerprint density at radius 3 is 1.96 bits per heavy atom. The fraction of sp³-hybridized carbons (Fsp3) is 0.625. The Hall–Kier alpha value is -1.97. The van der Waals surface area contributed by atoms with Crippen molar-refractivity contribution < 1.29 is 19.7 Å². The molecule has 0 radical (unpaired) electrons. The Labute approximate surface area is 170 Å². The lowest BCUT2D eigenvalue weighted by Gasteiger charge is -2.06. The number of carbonyl (C=O) groups is 1. The van der Waals surface area contributed by atoms with E-state index in [9.17, 15) is 15.0 Å². The summed E-state index contributed by atoms with van der Waals surface area (Å²) in [5.41, 5.74) is 1.13. The third kappa shape index (κ3) is 10.4. The van der Waals surface area contributed by atoms with Crippen LogP contribution in [0, 0.1) is 0 Å². The van der Waals surface area contributed by atoms with Crippen molar-refractivity contribution in [2.75, 3.05) is 7.11 Å². The smallest absolute Gasteiger partial charge is 0.331 e. The first-order chi connectivity index (χ1) is 13.6. The van der Waals surface area contributed by atoms with E-state index in [1.807, 2.05) is 0 Å². The average molecular weight is 391 g/mol. The van der Waals surface area contributed by atoms with Gasteiger partial charge in [-0.1, -0.05) is 83.6 Å². The Bertz CT molecular complexity index is 592. The van der Waals surface area contributed by atoms with Gasteiger partial charge < -0.3 is 14.9 Å². The van der Waals surface area contributed by atoms with Crippen LogP contribution < -0.4 is 4.74 Å². The van der Waals surface area contributed by atoms with E-state index >= 15 is 0 Å². The first-order valence-electron chi connectivity index (χ1n) is 10.9. The van der Waals surface area contributed by atoms with Crippen LogP contribution in [0.2, 0.25) is 0 Å². The Morgan fingerprint density at radius 1 is 0.929 bits per heavy atom. The molecule has 1 aromatic carbocycles. The summed E-state index contributed by atoms with van der Waals surface area (Å²) in [6, 6.07) is 4.87. The molecular formula is C24H38O4. The summed E-state index contributed by atoms with van der Waals surface area (Å²) in [5.74, 6) is -0.476. The van der Waals surface area contributed by atoms with Crippen LogP contribution in [0.25, 0.3) is 6.08 Å². The molecule has 0 amide bonds. The topological polar surface area (TPSA) is 66.8 Å². The zero-order chi connectivity index (χ0) is 20.6. The second-order valence-electron chi connectivity index (χ2n) is 7.55. The Morgan fingerprint density at radius 2 is 1.46 bits per heavy atom. The molecule has 0 fully saturated rings. The number of phenols is 1. The highest BCUT2D eigenvalue weighted by Gasteiger charge is 2.09. The molecule has 0 saturated carbocycles. The molecule has 0 aliphatic carbocycles. The maximum Gasteiger partial charge on any atom is 0.331 e. The summed E-state index contributed by atoms with van der Waals surface area (Å²) in [5, 5.41) is 19.1. The van der Waals surface area contributed by atoms with Gasteiger partial charge in [0.15, 0.2) is 11.5 Å². The minimum atomic E-state index is -0.880. The molecule has 4 heteroatoms. The number of benzene rings is 1. The molecule has 0 atom stereocenters. The van der Waals surface area contributed by atoms with Gasteiger partial charge in [-0.3, -0.25) is 0 Å². The second-order valence-corrected chi connectivity index (χ2v) is 7.55. The Balaban J connectivity index is 2.23. The largest absolute Gasteiger partial charge is 0.504 e. The van der Waals surface area contributed by atoms with Gasteiger partial charge in [0.05, 0.1) is 7.11 Å². The van der Waals surface area contributed by atoms with Gasteiger partial charge in [-0.25, -0.2) is 4.79 Å². The molecule has 0 aliphatic rings. The number of phenolic OH excluding ortho intramolecular Hbond substituents is 1. The van der Waals surface area contributed by atoms with Gasteiger partial charge in [-0.15, -0.1) is 0 Å². The van der Waals surface area contributed by atoms with E-state index in [2.05, 4.69) is 6.92 Å². The molecule has 2 N–H and O–H groups in total. The number of aliphatic carboxylic acids is 1. The molecule has 0 unspecified atom stereocenters. The standard InChI is InChI=1S/C24H38O4/c1-3-4-5-6-7-8-9-10-11-12-13-14-15-21(24(26)27)18-20-16-17-22(25)23(19-20)28-2/h16-19,25H,3-15H2,1-2H3,(H,26,27). The average Bonchev–Trinajstić information content (AvgIpc) is 2.69. The molecule has 1 aromatic rings. The van der Waals surface area contributed by atoms with Crippen molar-refractivity contribution in [3.63, 3.8) is 0 Å². The van der Waals surface area contributed by atoms with Crippen molar-refractivity contribution in [1.82, 2.24) is 0 Å². The van der Waals surface area contributed by atoms with Crippen molar-refractivity contribution in [2.24, 2.45) is 0 Å². The zero-order valence-corrected chi connectivity index (χ0v) is 17.7. The Kier molecular flexibility index (Phi) is 12.9. The fourth-order valence-electron chi connectivity index (χ4n) is 3.38. The predicted molar refractivity (Wildman–Crippen MR) is 116 cm³/mol. The normalized spacial score (nSPS) is 11.6. The SMILES string of the molecule is CCCCCCCCCCCCCCC(=Cc1ccc(O)c(OC)c1)C(=O)O. The maximum atomic E-state index is 11.5. The minimum absolute atomic E-state index is 0.0532. The van der Waals surface area contributed by atoms with Gasteiger partial charge in [0.25, 0.3) is 0 Å². The minimum Gasteiger partial charge on any atom is -0.504 e. The molecule has 4 nitrogen and oxygen atoms in total. The van der Waals surface area contributed by atoms with E-state index in [1.54, 1.807) is 18.2 Å². The van der Waals surface area contributed by atoms with Crippen LogP contribution in [0.4, 0.5) is 0 Å². The first kappa shape index (κ1) is 24.1. The van der Waals surface area contributed by atoms with Crippen molar-refractivity contribution >= 4 is 12.0 Å². The molecule has 0 aliphatic heterocycles. The highest BCUT2D eigenvalue weighted by Crippen LogP contribution is 2.27. The maximum absolute atomic E-state index is 11.5. The number of unbranched alkanes of at least 4 members (excludes halogenated alkanes) is 11. The molecular weight excluding hydrogens is 352 g/mol. The van der Waals surface area contributed by atoms with E-state index in [-0.39, 0.29) is 5.75 Å². The molecule has 0 saturated heterocycles. The summed E-state index contributed by atoms with van der Waals surface area (Å²) < 4.78 is 5.08. The van der Waals surface area contributed by atoms with Gasteiger partial charge in [0.2, 0.25) is 0 Å². The van der Waals surface area contributed by atoms with Crippen molar-refractivity contribution in [2.45, 2.75) is 90.4 Å². The summed E-state index contributed by atoms with van der Waals surface area (Å²) in [6.07, 6.45) is 17.4. The van der Waals surface area contributed by atoms with E-state index in [4.69, 9.17) is 4.74 Å². The van der Waals surface area contributed by atoms with Crippen molar-refractivity contribution in [3.05, 3.63) is 29.3 Å². The van der Waals surface area contributed by atoms with Crippen LogP contribution in [-0.2, 0) is 4.79 Å². The molecule has 0 heterocycles. The first-order valence-corrected chi connectivity index (χ1v) is 10.9. The molecule has 158 valence electrons. The number of hydrogen-bond donors (Lipinski definition) is 2. The van der Waals surface area contributed by atoms with E-state index in [1.165, 1.54) is 77.4 Å². The van der Waals surface area contributed by atoms with E-state index in [0.29, 0.717) is 17.7 Å². The summed E-state index contributed by atoms with van der Waals surface area (Å²) in [6.45, 7) is 2.25. The van der Waals surface area contributed by atoms with E-state index in [0.717, 1.165) is 18.4 Å². The van der Waals surface area contributed by atoms with Gasteiger partial charge in [-0.05, 0) is 36.6 Å². The number of rotatable bonds is 16.